The number of methoxy groups -OCH3 is 1. The summed E-state index contributed by atoms with van der Waals surface area (Å²) >= 11 is 2.27. The van der Waals surface area contributed by atoms with Gasteiger partial charge in [-0.15, -0.1) is 0 Å². The average Bonchev–Trinajstić information content (AvgIpc) is 2.37. The van der Waals surface area contributed by atoms with Crippen LogP contribution in [0.25, 0.3) is 0 Å². The van der Waals surface area contributed by atoms with E-state index < -0.39 is 0 Å². The lowest BCUT2D eigenvalue weighted by Gasteiger charge is -2.07. The highest BCUT2D eigenvalue weighted by atomic mass is 127. The molecule has 0 atom stereocenters. The van der Waals surface area contributed by atoms with Gasteiger partial charge in [-0.2, -0.15) is 0 Å². The van der Waals surface area contributed by atoms with E-state index in [4.69, 9.17) is 9.47 Å². The molecule has 0 amide bonds. The van der Waals surface area contributed by atoms with Crippen molar-refractivity contribution >= 4 is 22.6 Å². The lowest BCUT2D eigenvalue weighted by atomic mass is 10.2. The SMILES string of the molecule is COc1ccc(COc2cccc(I)c2)cc1. The van der Waals surface area contributed by atoms with Gasteiger partial charge in [0.15, 0.2) is 0 Å². The maximum Gasteiger partial charge on any atom is 0.120 e. The quantitative estimate of drug-likeness (QED) is 0.787. The molecule has 2 aromatic carbocycles. The van der Waals surface area contributed by atoms with Gasteiger partial charge in [0.25, 0.3) is 0 Å². The Bertz CT molecular complexity index is 480. The average molecular weight is 340 g/mol. The van der Waals surface area contributed by atoms with Crippen LogP contribution in [0.3, 0.4) is 0 Å². The summed E-state index contributed by atoms with van der Waals surface area (Å²) in [7, 11) is 1.66. The first-order valence-electron chi connectivity index (χ1n) is 5.29. The van der Waals surface area contributed by atoms with Crippen molar-refractivity contribution in [1.29, 1.82) is 0 Å². The monoisotopic (exact) mass is 340 g/mol. The van der Waals surface area contributed by atoms with Gasteiger partial charge in [0.1, 0.15) is 18.1 Å². The lowest BCUT2D eigenvalue weighted by molar-refractivity contribution is 0.306. The minimum Gasteiger partial charge on any atom is -0.497 e. The van der Waals surface area contributed by atoms with Crippen LogP contribution in [0.4, 0.5) is 0 Å². The minimum atomic E-state index is 0.573. The third-order valence-corrected chi connectivity index (χ3v) is 3.03. The summed E-state index contributed by atoms with van der Waals surface area (Å²) in [4.78, 5) is 0. The number of ether oxygens (including phenoxy) is 2. The normalized spacial score (nSPS) is 10.0. The Morgan fingerprint density at radius 2 is 1.76 bits per heavy atom. The van der Waals surface area contributed by atoms with E-state index in [0.717, 1.165) is 17.1 Å². The molecule has 17 heavy (non-hydrogen) atoms. The fourth-order valence-electron chi connectivity index (χ4n) is 1.45. The van der Waals surface area contributed by atoms with E-state index >= 15 is 0 Å². The molecule has 0 aliphatic carbocycles. The Morgan fingerprint density at radius 1 is 1.00 bits per heavy atom. The number of halogens is 1. The number of hydrogen-bond acceptors (Lipinski definition) is 2. The number of rotatable bonds is 4. The van der Waals surface area contributed by atoms with Gasteiger partial charge < -0.3 is 9.47 Å². The molecule has 0 N–H and O–H groups in total. The zero-order valence-corrected chi connectivity index (χ0v) is 11.7. The molecule has 0 bridgehead atoms. The minimum absolute atomic E-state index is 0.573. The van der Waals surface area contributed by atoms with Crippen LogP contribution in [0.5, 0.6) is 11.5 Å². The van der Waals surface area contributed by atoms with Crippen molar-refractivity contribution in [1.82, 2.24) is 0 Å². The first-order valence-corrected chi connectivity index (χ1v) is 6.37. The van der Waals surface area contributed by atoms with Gasteiger partial charge in [-0.1, -0.05) is 18.2 Å². The van der Waals surface area contributed by atoms with Crippen molar-refractivity contribution in [3.05, 3.63) is 57.7 Å². The van der Waals surface area contributed by atoms with E-state index in [0.29, 0.717) is 6.61 Å². The molecule has 0 aromatic heterocycles. The number of hydrogen-bond donors (Lipinski definition) is 0. The summed E-state index contributed by atoms with van der Waals surface area (Å²) in [5.74, 6) is 1.76. The third-order valence-electron chi connectivity index (χ3n) is 2.36. The largest absolute Gasteiger partial charge is 0.497 e. The molecule has 0 heterocycles. The van der Waals surface area contributed by atoms with E-state index in [1.54, 1.807) is 7.11 Å². The Kier molecular flexibility index (Phi) is 4.25. The summed E-state index contributed by atoms with van der Waals surface area (Å²) < 4.78 is 12.0. The van der Waals surface area contributed by atoms with Gasteiger partial charge in [-0.05, 0) is 58.5 Å². The molecule has 2 nitrogen and oxygen atoms in total. The molecule has 0 aliphatic heterocycles. The van der Waals surface area contributed by atoms with Gasteiger partial charge in [0.05, 0.1) is 7.11 Å². The van der Waals surface area contributed by atoms with E-state index in [2.05, 4.69) is 22.6 Å². The number of benzene rings is 2. The van der Waals surface area contributed by atoms with Gasteiger partial charge in [0, 0.05) is 3.57 Å². The van der Waals surface area contributed by atoms with E-state index in [1.807, 2.05) is 48.5 Å². The van der Waals surface area contributed by atoms with E-state index in [9.17, 15) is 0 Å². The second kappa shape index (κ2) is 5.91. The maximum atomic E-state index is 5.70. The van der Waals surface area contributed by atoms with Crippen molar-refractivity contribution in [2.75, 3.05) is 7.11 Å². The first-order chi connectivity index (χ1) is 8.28. The molecule has 0 fully saturated rings. The van der Waals surface area contributed by atoms with Crippen molar-refractivity contribution in [3.63, 3.8) is 0 Å². The van der Waals surface area contributed by atoms with Crippen LogP contribution < -0.4 is 9.47 Å². The molecule has 0 saturated carbocycles. The van der Waals surface area contributed by atoms with Crippen LogP contribution in [-0.2, 0) is 6.61 Å². The van der Waals surface area contributed by atoms with Crippen molar-refractivity contribution in [3.8, 4) is 11.5 Å². The van der Waals surface area contributed by atoms with Crippen LogP contribution in [0.1, 0.15) is 5.56 Å². The summed E-state index contributed by atoms with van der Waals surface area (Å²) in [6, 6.07) is 15.9. The van der Waals surface area contributed by atoms with E-state index in [-0.39, 0.29) is 0 Å². The molecular weight excluding hydrogens is 327 g/mol. The predicted molar refractivity (Wildman–Crippen MR) is 76.5 cm³/mol. The molecule has 2 rings (SSSR count). The summed E-state index contributed by atoms with van der Waals surface area (Å²) in [5, 5.41) is 0. The highest BCUT2D eigenvalue weighted by molar-refractivity contribution is 14.1. The van der Waals surface area contributed by atoms with Gasteiger partial charge in [0.2, 0.25) is 0 Å². The smallest absolute Gasteiger partial charge is 0.120 e. The van der Waals surface area contributed by atoms with Crippen LogP contribution in [0.15, 0.2) is 48.5 Å². The zero-order chi connectivity index (χ0) is 12.1. The van der Waals surface area contributed by atoms with Crippen LogP contribution >= 0.6 is 22.6 Å². The summed E-state index contributed by atoms with van der Waals surface area (Å²) in [5.41, 5.74) is 1.13. The second-order valence-corrected chi connectivity index (χ2v) is 4.84. The lowest BCUT2D eigenvalue weighted by Crippen LogP contribution is -1.95. The molecule has 0 radical (unpaired) electrons. The Hall–Kier alpha value is -1.23. The molecule has 0 saturated heterocycles. The predicted octanol–water partition coefficient (Wildman–Crippen LogP) is 3.88. The topological polar surface area (TPSA) is 18.5 Å². The Balaban J connectivity index is 1.97. The first kappa shape index (κ1) is 12.2. The highest BCUT2D eigenvalue weighted by Crippen LogP contribution is 2.17. The molecule has 2 aromatic rings. The van der Waals surface area contributed by atoms with Crippen LogP contribution in [0, 0.1) is 3.57 Å². The summed E-state index contributed by atoms with van der Waals surface area (Å²) in [6.07, 6.45) is 0. The maximum absolute atomic E-state index is 5.70. The standard InChI is InChI=1S/C14H13IO2/c1-16-13-7-5-11(6-8-13)10-17-14-4-2-3-12(15)9-14/h2-9H,10H2,1H3. The van der Waals surface area contributed by atoms with Gasteiger partial charge >= 0.3 is 0 Å². The fourth-order valence-corrected chi connectivity index (χ4v) is 1.96. The molecule has 88 valence electrons. The second-order valence-electron chi connectivity index (χ2n) is 3.59. The molecular formula is C14H13IO2. The summed E-state index contributed by atoms with van der Waals surface area (Å²) in [6.45, 7) is 0.573. The van der Waals surface area contributed by atoms with Crippen molar-refractivity contribution in [2.24, 2.45) is 0 Å². The van der Waals surface area contributed by atoms with Crippen LogP contribution in [-0.4, -0.2) is 7.11 Å². The highest BCUT2D eigenvalue weighted by Gasteiger charge is 1.97. The van der Waals surface area contributed by atoms with Crippen molar-refractivity contribution < 1.29 is 9.47 Å². The van der Waals surface area contributed by atoms with Gasteiger partial charge in [-0.3, -0.25) is 0 Å². The van der Waals surface area contributed by atoms with Gasteiger partial charge in [-0.25, -0.2) is 0 Å². The Morgan fingerprint density at radius 3 is 2.41 bits per heavy atom. The van der Waals surface area contributed by atoms with Crippen molar-refractivity contribution in [2.45, 2.75) is 6.61 Å². The molecule has 0 aliphatic rings. The Labute approximate surface area is 115 Å². The third kappa shape index (κ3) is 3.63. The zero-order valence-electron chi connectivity index (χ0n) is 9.52. The fraction of sp³-hybridized carbons (Fsp3) is 0.143. The molecule has 3 heteroatoms. The van der Waals surface area contributed by atoms with Crippen LogP contribution in [0.2, 0.25) is 0 Å². The van der Waals surface area contributed by atoms with E-state index in [1.165, 1.54) is 3.57 Å². The molecule has 0 unspecified atom stereocenters. The molecule has 0 spiro atoms.